The van der Waals surface area contributed by atoms with Crippen molar-refractivity contribution in [1.82, 2.24) is 0 Å². The van der Waals surface area contributed by atoms with E-state index in [1.807, 2.05) is 61.5 Å². The molecule has 2 bridgehead atoms. The van der Waals surface area contributed by atoms with Crippen molar-refractivity contribution in [3.63, 3.8) is 0 Å². The molecule has 1 saturated carbocycles. The summed E-state index contributed by atoms with van der Waals surface area (Å²) in [6, 6.07) is 26.3. The van der Waals surface area contributed by atoms with Gasteiger partial charge in [-0.05, 0) is 46.9 Å². The van der Waals surface area contributed by atoms with Gasteiger partial charge in [-0.15, -0.1) is 0 Å². The van der Waals surface area contributed by atoms with E-state index in [1.165, 1.54) is 10.5 Å². The summed E-state index contributed by atoms with van der Waals surface area (Å²) in [5, 5.41) is 0. The lowest BCUT2D eigenvalue weighted by atomic mass is 9.85. The summed E-state index contributed by atoms with van der Waals surface area (Å²) in [4.78, 5) is 28.7. The van der Waals surface area contributed by atoms with Crippen LogP contribution in [0.15, 0.2) is 101 Å². The van der Waals surface area contributed by atoms with Crippen LogP contribution in [0.3, 0.4) is 0 Å². The van der Waals surface area contributed by atoms with Gasteiger partial charge in [0.1, 0.15) is 0 Å². The lowest BCUT2D eigenvalue weighted by Gasteiger charge is -2.22. The summed E-state index contributed by atoms with van der Waals surface area (Å²) in [6.45, 7) is 1.99. The topological polar surface area (TPSA) is 37.4 Å². The molecular weight excluding hydrogens is 474 g/mol. The molecule has 4 heteroatoms. The van der Waals surface area contributed by atoms with Gasteiger partial charge in [-0.1, -0.05) is 94.8 Å². The maximum absolute atomic E-state index is 13.7. The zero-order valence-electron chi connectivity index (χ0n) is 18.1. The van der Waals surface area contributed by atoms with E-state index < -0.39 is 0 Å². The fourth-order valence-corrected chi connectivity index (χ4v) is 6.15. The Balaban J connectivity index is 1.48. The van der Waals surface area contributed by atoms with E-state index >= 15 is 0 Å². The van der Waals surface area contributed by atoms with E-state index in [1.54, 1.807) is 0 Å². The predicted molar refractivity (Wildman–Crippen MR) is 133 cm³/mol. The zero-order chi connectivity index (χ0) is 22.7. The van der Waals surface area contributed by atoms with E-state index in [-0.39, 0.29) is 35.5 Å². The zero-order valence-corrected chi connectivity index (χ0v) is 19.7. The number of nitrogens with zero attached hydrogens (tertiary/aromatic N) is 1. The number of allylic oxidation sites excluding steroid dienone is 3. The first-order valence-corrected chi connectivity index (χ1v) is 12.0. The second kappa shape index (κ2) is 7.67. The third-order valence-corrected chi connectivity index (χ3v) is 8.10. The molecule has 1 aliphatic heterocycles. The van der Waals surface area contributed by atoms with Gasteiger partial charge in [0.15, 0.2) is 0 Å². The Labute approximate surface area is 201 Å². The van der Waals surface area contributed by atoms with Gasteiger partial charge in [0.05, 0.1) is 17.5 Å². The Morgan fingerprint density at radius 3 is 1.76 bits per heavy atom. The molecule has 4 atom stereocenters. The number of carbonyl (C=O) groups excluding carboxylic acids is 2. The molecule has 6 rings (SSSR count). The fraction of sp³-hybridized carbons (Fsp3) is 0.172. The van der Waals surface area contributed by atoms with E-state index in [0.29, 0.717) is 5.69 Å². The standard InChI is InChI=1S/C29H22BrNO2/c1-17-12-13-20(16-23(17)30)31-28(32)26-21-14-15-22(27(26)29(31)33)25(21)24(18-8-4-2-5-9-18)19-10-6-3-7-11-19/h2-16,21-22,26-27H,1H3/t21-,22-,26-,27-/m0/s1. The second-order valence-corrected chi connectivity index (χ2v) is 9.85. The van der Waals surface area contributed by atoms with Crippen LogP contribution in [0.5, 0.6) is 0 Å². The lowest BCUT2D eigenvalue weighted by molar-refractivity contribution is -0.122. The summed E-state index contributed by atoms with van der Waals surface area (Å²) >= 11 is 3.54. The normalized spacial score (nSPS) is 25.2. The molecule has 3 nitrogen and oxygen atoms in total. The highest BCUT2D eigenvalue weighted by molar-refractivity contribution is 9.10. The average molecular weight is 496 g/mol. The minimum atomic E-state index is -0.343. The van der Waals surface area contributed by atoms with Crippen molar-refractivity contribution in [1.29, 1.82) is 0 Å². The molecule has 3 aromatic carbocycles. The highest BCUT2D eigenvalue weighted by Gasteiger charge is 2.62. The van der Waals surface area contributed by atoms with Crippen LogP contribution >= 0.6 is 15.9 Å². The quantitative estimate of drug-likeness (QED) is 0.321. The molecule has 1 heterocycles. The predicted octanol–water partition coefficient (Wildman–Crippen LogP) is 6.18. The number of imide groups is 1. The Morgan fingerprint density at radius 2 is 1.27 bits per heavy atom. The molecular formula is C29H22BrNO2. The molecule has 1 saturated heterocycles. The summed E-state index contributed by atoms with van der Waals surface area (Å²) < 4.78 is 0.898. The van der Waals surface area contributed by atoms with Crippen LogP contribution in [-0.4, -0.2) is 11.8 Å². The number of hydrogen-bond donors (Lipinski definition) is 0. The highest BCUT2D eigenvalue weighted by atomic mass is 79.9. The smallest absolute Gasteiger partial charge is 0.238 e. The van der Waals surface area contributed by atoms with Crippen molar-refractivity contribution in [3.8, 4) is 0 Å². The molecule has 0 aromatic heterocycles. The van der Waals surface area contributed by atoms with Crippen LogP contribution in [0, 0.1) is 30.6 Å². The van der Waals surface area contributed by atoms with Gasteiger partial charge >= 0.3 is 0 Å². The number of aryl methyl sites for hydroxylation is 1. The minimum Gasteiger partial charge on any atom is -0.274 e. The lowest BCUT2D eigenvalue weighted by Crippen LogP contribution is -2.33. The summed E-state index contributed by atoms with van der Waals surface area (Å²) in [5.41, 5.74) is 6.31. The molecule has 3 aromatic rings. The van der Waals surface area contributed by atoms with Gasteiger partial charge in [-0.25, -0.2) is 4.90 Å². The Morgan fingerprint density at radius 1 is 0.758 bits per heavy atom. The van der Waals surface area contributed by atoms with Gasteiger partial charge in [-0.2, -0.15) is 0 Å². The Hall–Kier alpha value is -3.24. The first-order valence-electron chi connectivity index (χ1n) is 11.2. The molecule has 0 radical (unpaired) electrons. The summed E-state index contributed by atoms with van der Waals surface area (Å²) in [5.74, 6) is -0.988. The minimum absolute atomic E-state index is 0.0641. The van der Waals surface area contributed by atoms with Crippen LogP contribution < -0.4 is 4.90 Å². The van der Waals surface area contributed by atoms with Crippen LogP contribution in [-0.2, 0) is 9.59 Å². The Kier molecular flexibility index (Phi) is 4.73. The number of rotatable bonds is 3. The van der Waals surface area contributed by atoms with Gasteiger partial charge in [0.2, 0.25) is 11.8 Å². The monoisotopic (exact) mass is 495 g/mol. The number of benzene rings is 3. The van der Waals surface area contributed by atoms with E-state index in [2.05, 4.69) is 52.3 Å². The van der Waals surface area contributed by atoms with Crippen molar-refractivity contribution in [2.75, 3.05) is 4.90 Å². The number of hydrogen-bond acceptors (Lipinski definition) is 2. The van der Waals surface area contributed by atoms with Crippen molar-refractivity contribution >= 4 is 39.0 Å². The van der Waals surface area contributed by atoms with Crippen molar-refractivity contribution in [2.45, 2.75) is 6.92 Å². The van der Waals surface area contributed by atoms with Crippen LogP contribution in [0.2, 0.25) is 0 Å². The largest absolute Gasteiger partial charge is 0.274 e. The molecule has 2 fully saturated rings. The number of anilines is 1. The SMILES string of the molecule is Cc1ccc(N2C(=O)[C@@H]3[C@@H](C2=O)[C@H]2C=C[C@H]3C2=C(c2ccccc2)c2ccccc2)cc1Br. The molecule has 0 N–H and O–H groups in total. The first kappa shape index (κ1) is 20.4. The first-order chi connectivity index (χ1) is 16.1. The number of amides is 2. The van der Waals surface area contributed by atoms with Crippen LogP contribution in [0.25, 0.3) is 5.57 Å². The highest BCUT2D eigenvalue weighted by Crippen LogP contribution is 2.58. The third-order valence-electron chi connectivity index (χ3n) is 7.24. The summed E-state index contributed by atoms with van der Waals surface area (Å²) in [6.07, 6.45) is 4.29. The number of halogens is 1. The Bertz CT molecular complexity index is 1270. The molecule has 2 amide bonds. The fourth-order valence-electron chi connectivity index (χ4n) is 5.78. The van der Waals surface area contributed by atoms with Gasteiger partial charge < -0.3 is 0 Å². The third kappa shape index (κ3) is 3.01. The second-order valence-electron chi connectivity index (χ2n) is 9.00. The van der Waals surface area contributed by atoms with E-state index in [0.717, 1.165) is 26.7 Å². The van der Waals surface area contributed by atoms with E-state index in [4.69, 9.17) is 0 Å². The molecule has 0 unspecified atom stereocenters. The molecule has 3 aliphatic rings. The maximum atomic E-state index is 13.7. The maximum Gasteiger partial charge on any atom is 0.238 e. The summed E-state index contributed by atoms with van der Waals surface area (Å²) in [7, 11) is 0. The van der Waals surface area contributed by atoms with E-state index in [9.17, 15) is 9.59 Å². The van der Waals surface area contributed by atoms with Crippen molar-refractivity contribution in [2.24, 2.45) is 23.7 Å². The van der Waals surface area contributed by atoms with Crippen LogP contribution in [0.4, 0.5) is 5.69 Å². The molecule has 0 spiro atoms. The van der Waals surface area contributed by atoms with Gasteiger partial charge in [0.25, 0.3) is 0 Å². The number of fused-ring (bicyclic) bond motifs is 5. The number of carbonyl (C=O) groups is 2. The van der Waals surface area contributed by atoms with Gasteiger partial charge in [-0.3, -0.25) is 9.59 Å². The van der Waals surface area contributed by atoms with Crippen molar-refractivity contribution in [3.05, 3.63) is 118 Å². The van der Waals surface area contributed by atoms with Crippen molar-refractivity contribution < 1.29 is 9.59 Å². The average Bonchev–Trinajstić information content (AvgIpc) is 3.47. The van der Waals surface area contributed by atoms with Gasteiger partial charge in [0, 0.05) is 16.3 Å². The van der Waals surface area contributed by atoms with Crippen LogP contribution in [0.1, 0.15) is 16.7 Å². The molecule has 162 valence electrons. The molecule has 33 heavy (non-hydrogen) atoms. The molecule has 2 aliphatic carbocycles.